The van der Waals surface area contributed by atoms with Crippen molar-refractivity contribution in [3.05, 3.63) is 18.0 Å². The molecule has 1 rings (SSSR count). The van der Waals surface area contributed by atoms with Crippen molar-refractivity contribution in [3.8, 4) is 0 Å². The predicted molar refractivity (Wildman–Crippen MR) is 56.6 cm³/mol. The van der Waals surface area contributed by atoms with Crippen molar-refractivity contribution < 1.29 is 9.90 Å². The van der Waals surface area contributed by atoms with Gasteiger partial charge in [0.1, 0.15) is 6.04 Å². The first kappa shape index (κ1) is 11.7. The average Bonchev–Trinajstić information content (AvgIpc) is 2.52. The number of carbonyl (C=O) groups is 1. The van der Waals surface area contributed by atoms with Gasteiger partial charge in [0, 0.05) is 18.3 Å². The molecule has 84 valence electrons. The van der Waals surface area contributed by atoms with Crippen molar-refractivity contribution in [1.82, 2.24) is 14.7 Å². The first-order valence-electron chi connectivity index (χ1n) is 4.97. The number of aliphatic carboxylic acids is 1. The third-order valence-electron chi connectivity index (χ3n) is 2.17. The number of hydrogen-bond donors (Lipinski definition) is 1. The largest absolute Gasteiger partial charge is 0.480 e. The summed E-state index contributed by atoms with van der Waals surface area (Å²) in [5, 5.41) is 13.2. The van der Waals surface area contributed by atoms with Crippen molar-refractivity contribution in [1.29, 1.82) is 0 Å². The van der Waals surface area contributed by atoms with E-state index < -0.39 is 12.0 Å². The molecule has 0 fully saturated rings. The summed E-state index contributed by atoms with van der Waals surface area (Å²) in [7, 11) is 3.49. The summed E-state index contributed by atoms with van der Waals surface area (Å²) in [5.74, 6) is -0.851. The molecule has 5 heteroatoms. The molecule has 0 aliphatic heterocycles. The van der Waals surface area contributed by atoms with Crippen LogP contribution in [0.5, 0.6) is 0 Å². The van der Waals surface area contributed by atoms with Crippen LogP contribution in [0.15, 0.2) is 12.4 Å². The lowest BCUT2D eigenvalue weighted by Gasteiger charge is -2.18. The molecule has 0 saturated carbocycles. The zero-order chi connectivity index (χ0) is 11.4. The van der Waals surface area contributed by atoms with Crippen molar-refractivity contribution in [2.45, 2.75) is 25.9 Å². The van der Waals surface area contributed by atoms with Gasteiger partial charge in [-0.25, -0.2) is 0 Å². The summed E-state index contributed by atoms with van der Waals surface area (Å²) in [4.78, 5) is 12.7. The molecular weight excluding hydrogens is 194 g/mol. The van der Waals surface area contributed by atoms with E-state index in [1.807, 2.05) is 0 Å². The molecule has 0 spiro atoms. The molecule has 1 aromatic rings. The van der Waals surface area contributed by atoms with E-state index in [0.717, 1.165) is 18.5 Å². The minimum atomic E-state index is -0.851. The summed E-state index contributed by atoms with van der Waals surface area (Å²) in [5.41, 5.74) is 0.723. The van der Waals surface area contributed by atoms with Crippen LogP contribution in [0.2, 0.25) is 0 Å². The van der Waals surface area contributed by atoms with Crippen LogP contribution in [0, 0.1) is 0 Å². The van der Waals surface area contributed by atoms with E-state index in [-0.39, 0.29) is 0 Å². The molecule has 1 unspecified atom stereocenters. The second-order valence-corrected chi connectivity index (χ2v) is 3.74. The second-order valence-electron chi connectivity index (χ2n) is 3.74. The Labute approximate surface area is 89.3 Å². The van der Waals surface area contributed by atoms with Gasteiger partial charge in [0.15, 0.2) is 0 Å². The summed E-state index contributed by atoms with van der Waals surface area (Å²) in [6.45, 7) is 2.88. The topological polar surface area (TPSA) is 58.4 Å². The highest BCUT2D eigenvalue weighted by atomic mass is 16.4. The molecule has 1 N–H and O–H groups in total. The fourth-order valence-corrected chi connectivity index (χ4v) is 1.53. The average molecular weight is 211 g/mol. The highest BCUT2D eigenvalue weighted by Gasteiger charge is 2.23. The first-order chi connectivity index (χ1) is 7.06. The Morgan fingerprint density at radius 3 is 2.80 bits per heavy atom. The number of nitrogens with zero attached hydrogens (tertiary/aromatic N) is 3. The Kier molecular flexibility index (Phi) is 3.85. The molecule has 15 heavy (non-hydrogen) atoms. The molecule has 0 aromatic carbocycles. The Morgan fingerprint density at radius 2 is 2.33 bits per heavy atom. The maximum Gasteiger partial charge on any atom is 0.325 e. The second kappa shape index (κ2) is 4.93. The molecule has 1 atom stereocenters. The van der Waals surface area contributed by atoms with Gasteiger partial charge in [0.25, 0.3) is 0 Å². The van der Waals surface area contributed by atoms with Crippen molar-refractivity contribution in [3.63, 3.8) is 0 Å². The zero-order valence-corrected chi connectivity index (χ0v) is 9.34. The van der Waals surface area contributed by atoms with Crippen LogP contribution in [-0.4, -0.2) is 39.9 Å². The molecule has 1 heterocycles. The maximum absolute atomic E-state index is 11.0. The van der Waals surface area contributed by atoms with Crippen LogP contribution in [-0.2, 0) is 11.3 Å². The fraction of sp³-hybridized carbons (Fsp3) is 0.600. The minimum absolute atomic E-state index is 0.615. The number of carboxylic acid groups (broad SMARTS) is 1. The van der Waals surface area contributed by atoms with Crippen molar-refractivity contribution in [2.75, 3.05) is 14.1 Å². The molecule has 5 nitrogen and oxygen atoms in total. The number of carboxylic acids is 1. The van der Waals surface area contributed by atoms with Crippen LogP contribution in [0.3, 0.4) is 0 Å². The quantitative estimate of drug-likeness (QED) is 0.788. The monoisotopic (exact) mass is 211 g/mol. The summed E-state index contributed by atoms with van der Waals surface area (Å²) in [6, 6.07) is -0.615. The van der Waals surface area contributed by atoms with Gasteiger partial charge in [-0.15, -0.1) is 0 Å². The minimum Gasteiger partial charge on any atom is -0.480 e. The van der Waals surface area contributed by atoms with Gasteiger partial charge in [0.2, 0.25) is 0 Å². The molecule has 0 radical (unpaired) electrons. The van der Waals surface area contributed by atoms with Crippen LogP contribution >= 0.6 is 0 Å². The van der Waals surface area contributed by atoms with E-state index >= 15 is 0 Å². The molecule has 0 bridgehead atoms. The van der Waals surface area contributed by atoms with E-state index in [1.165, 1.54) is 0 Å². The van der Waals surface area contributed by atoms with E-state index in [1.54, 1.807) is 36.1 Å². The van der Waals surface area contributed by atoms with E-state index in [2.05, 4.69) is 12.0 Å². The summed E-state index contributed by atoms with van der Waals surface area (Å²) < 4.78 is 1.77. The van der Waals surface area contributed by atoms with E-state index in [0.29, 0.717) is 0 Å². The standard InChI is InChI=1S/C10H17N3O2/c1-4-5-13-7-8(6-11-13)9(10(14)15)12(2)3/h6-7,9H,4-5H2,1-3H3,(H,14,15). The van der Waals surface area contributed by atoms with Crippen molar-refractivity contribution >= 4 is 5.97 Å². The number of hydrogen-bond acceptors (Lipinski definition) is 3. The zero-order valence-electron chi connectivity index (χ0n) is 9.34. The van der Waals surface area contributed by atoms with Crippen LogP contribution in [0.25, 0.3) is 0 Å². The van der Waals surface area contributed by atoms with E-state index in [9.17, 15) is 4.79 Å². The van der Waals surface area contributed by atoms with Gasteiger partial charge >= 0.3 is 5.97 Å². The smallest absolute Gasteiger partial charge is 0.325 e. The van der Waals surface area contributed by atoms with Gasteiger partial charge in [0.05, 0.1) is 6.20 Å². The van der Waals surface area contributed by atoms with Crippen LogP contribution < -0.4 is 0 Å². The maximum atomic E-state index is 11.0. The molecule has 1 aromatic heterocycles. The fourth-order valence-electron chi connectivity index (χ4n) is 1.53. The highest BCUT2D eigenvalue weighted by Crippen LogP contribution is 2.17. The van der Waals surface area contributed by atoms with Gasteiger partial charge < -0.3 is 5.11 Å². The summed E-state index contributed by atoms with van der Waals surface area (Å²) in [6.07, 6.45) is 4.40. The van der Waals surface area contributed by atoms with Gasteiger partial charge in [-0.1, -0.05) is 6.92 Å². The Bertz CT molecular complexity index is 333. The lowest BCUT2D eigenvalue weighted by molar-refractivity contribution is -0.142. The molecule has 0 amide bonds. The lowest BCUT2D eigenvalue weighted by atomic mass is 10.1. The summed E-state index contributed by atoms with van der Waals surface area (Å²) >= 11 is 0. The van der Waals surface area contributed by atoms with Crippen LogP contribution in [0.1, 0.15) is 24.9 Å². The Morgan fingerprint density at radius 1 is 1.67 bits per heavy atom. The lowest BCUT2D eigenvalue weighted by Crippen LogP contribution is -2.27. The van der Waals surface area contributed by atoms with Crippen molar-refractivity contribution in [2.24, 2.45) is 0 Å². The predicted octanol–water partition coefficient (Wildman–Crippen LogP) is 0.980. The number of aromatic nitrogens is 2. The molecule has 0 aliphatic carbocycles. The van der Waals surface area contributed by atoms with Gasteiger partial charge in [-0.3, -0.25) is 14.4 Å². The Hall–Kier alpha value is -1.36. The van der Waals surface area contributed by atoms with Crippen LogP contribution in [0.4, 0.5) is 0 Å². The van der Waals surface area contributed by atoms with Gasteiger partial charge in [-0.05, 0) is 20.5 Å². The number of rotatable bonds is 5. The first-order valence-corrected chi connectivity index (χ1v) is 4.97. The molecular formula is C10H17N3O2. The number of likely N-dealkylation sites (N-methyl/N-ethyl adjacent to an activating group) is 1. The third-order valence-corrected chi connectivity index (χ3v) is 2.17. The number of aryl methyl sites for hydroxylation is 1. The molecule has 0 aliphatic rings. The van der Waals surface area contributed by atoms with Gasteiger partial charge in [-0.2, -0.15) is 5.10 Å². The van der Waals surface area contributed by atoms with E-state index in [4.69, 9.17) is 5.11 Å². The SMILES string of the molecule is CCCn1cc(C(C(=O)O)N(C)C)cn1. The highest BCUT2D eigenvalue weighted by molar-refractivity contribution is 5.75. The third kappa shape index (κ3) is 2.79. The Balaban J connectivity index is 2.87. The normalized spacial score (nSPS) is 13.1. The molecule has 0 saturated heterocycles.